The Hall–Kier alpha value is -3.20. The second-order valence-electron chi connectivity index (χ2n) is 9.16. The molecule has 36 heavy (non-hydrogen) atoms. The summed E-state index contributed by atoms with van der Waals surface area (Å²) in [5, 5.41) is 22.3. The van der Waals surface area contributed by atoms with Gasteiger partial charge < -0.3 is 14.4 Å². The Bertz CT molecular complexity index is 1600. The van der Waals surface area contributed by atoms with Crippen LogP contribution in [-0.2, 0) is 16.8 Å². The first kappa shape index (κ1) is 23.2. The van der Waals surface area contributed by atoms with E-state index in [1.54, 1.807) is 16.9 Å². The SMILES string of the molecule is O=C(Cc1ccc2oc3ccccc3c2c1)N1CCC(O)(c2cn(-c3ccc(Br)cc3Cl)nn2)CC1. The third-order valence-corrected chi connectivity index (χ3v) is 7.66. The van der Waals surface area contributed by atoms with Crippen molar-refractivity contribution >= 4 is 55.4 Å². The van der Waals surface area contributed by atoms with Crippen molar-refractivity contribution in [1.82, 2.24) is 19.9 Å². The second-order valence-corrected chi connectivity index (χ2v) is 10.5. The molecule has 0 saturated carbocycles. The van der Waals surface area contributed by atoms with Gasteiger partial charge >= 0.3 is 0 Å². The van der Waals surface area contributed by atoms with Crippen molar-refractivity contribution < 1.29 is 14.3 Å². The molecule has 5 aromatic rings. The number of likely N-dealkylation sites (tertiary alicyclic amines) is 1. The first-order valence-corrected chi connectivity index (χ1v) is 12.9. The highest BCUT2D eigenvalue weighted by atomic mass is 79.9. The molecule has 1 amide bonds. The van der Waals surface area contributed by atoms with Crippen LogP contribution in [0.1, 0.15) is 24.1 Å². The van der Waals surface area contributed by atoms with Crippen molar-refractivity contribution in [2.45, 2.75) is 24.9 Å². The molecule has 3 aromatic carbocycles. The summed E-state index contributed by atoms with van der Waals surface area (Å²) in [6, 6.07) is 19.3. The van der Waals surface area contributed by atoms with Gasteiger partial charge in [0.2, 0.25) is 5.91 Å². The number of carbonyl (C=O) groups is 1. The minimum Gasteiger partial charge on any atom is -0.456 e. The van der Waals surface area contributed by atoms with Crippen LogP contribution in [0.15, 0.2) is 75.8 Å². The van der Waals surface area contributed by atoms with Crippen molar-refractivity contribution in [1.29, 1.82) is 0 Å². The highest BCUT2D eigenvalue weighted by Crippen LogP contribution is 2.33. The molecular weight excluding hydrogens is 544 g/mol. The third kappa shape index (κ3) is 4.19. The quantitative estimate of drug-likeness (QED) is 0.305. The summed E-state index contributed by atoms with van der Waals surface area (Å²) < 4.78 is 8.32. The summed E-state index contributed by atoms with van der Waals surface area (Å²) in [6.07, 6.45) is 2.77. The van der Waals surface area contributed by atoms with Gasteiger partial charge in [-0.3, -0.25) is 4.79 Å². The van der Waals surface area contributed by atoms with E-state index in [2.05, 4.69) is 26.2 Å². The maximum atomic E-state index is 13.1. The highest BCUT2D eigenvalue weighted by Gasteiger charge is 2.38. The van der Waals surface area contributed by atoms with Crippen LogP contribution >= 0.6 is 27.5 Å². The number of benzene rings is 3. The van der Waals surface area contributed by atoms with Crippen molar-refractivity contribution in [2.24, 2.45) is 0 Å². The molecule has 9 heteroatoms. The van der Waals surface area contributed by atoms with Crippen molar-refractivity contribution in [3.8, 4) is 5.69 Å². The highest BCUT2D eigenvalue weighted by molar-refractivity contribution is 9.10. The Morgan fingerprint density at radius 1 is 1.06 bits per heavy atom. The minimum atomic E-state index is -1.15. The number of aliphatic hydroxyl groups is 1. The van der Waals surface area contributed by atoms with Crippen LogP contribution in [0.5, 0.6) is 0 Å². The van der Waals surface area contributed by atoms with Crippen molar-refractivity contribution in [3.05, 3.63) is 87.6 Å². The maximum absolute atomic E-state index is 13.1. The fourth-order valence-corrected chi connectivity index (χ4v) is 5.57. The van der Waals surface area contributed by atoms with E-state index in [9.17, 15) is 9.90 Å². The van der Waals surface area contributed by atoms with Gasteiger partial charge in [0.1, 0.15) is 22.5 Å². The van der Waals surface area contributed by atoms with Gasteiger partial charge in [0, 0.05) is 28.3 Å². The molecule has 0 unspecified atom stereocenters. The largest absolute Gasteiger partial charge is 0.456 e. The van der Waals surface area contributed by atoms with Crippen LogP contribution in [0.2, 0.25) is 5.02 Å². The predicted molar refractivity (Wildman–Crippen MR) is 141 cm³/mol. The number of fused-ring (bicyclic) bond motifs is 3. The van der Waals surface area contributed by atoms with Crippen molar-refractivity contribution in [2.75, 3.05) is 13.1 Å². The van der Waals surface area contributed by atoms with Gasteiger partial charge in [0.25, 0.3) is 0 Å². The molecule has 0 radical (unpaired) electrons. The molecule has 1 aliphatic heterocycles. The Morgan fingerprint density at radius 2 is 1.83 bits per heavy atom. The molecule has 0 bridgehead atoms. The van der Waals surface area contributed by atoms with Crippen LogP contribution in [-0.4, -0.2) is 44.0 Å². The summed E-state index contributed by atoms with van der Waals surface area (Å²) in [5.74, 6) is 0.0366. The molecule has 0 atom stereocenters. The van der Waals surface area contributed by atoms with E-state index in [1.165, 1.54) is 0 Å². The zero-order chi connectivity index (χ0) is 24.9. The summed E-state index contributed by atoms with van der Waals surface area (Å²) in [6.45, 7) is 0.885. The van der Waals surface area contributed by atoms with E-state index in [0.717, 1.165) is 32.0 Å². The van der Waals surface area contributed by atoms with E-state index in [-0.39, 0.29) is 5.91 Å². The van der Waals surface area contributed by atoms with E-state index in [1.807, 2.05) is 59.5 Å². The summed E-state index contributed by atoms with van der Waals surface area (Å²) >= 11 is 9.73. The van der Waals surface area contributed by atoms with E-state index >= 15 is 0 Å². The van der Waals surface area contributed by atoms with Crippen LogP contribution in [0.25, 0.3) is 27.6 Å². The number of para-hydroxylation sites is 1. The standard InChI is InChI=1S/C27H22BrClN4O3/c28-18-6-7-22(21(29)15-18)33-16-25(30-31-33)27(35)9-11-32(12-10-27)26(34)14-17-5-8-24-20(13-17)19-3-1-2-4-23(19)36-24/h1-8,13,15-16,35H,9-12,14H2. The lowest BCUT2D eigenvalue weighted by molar-refractivity contribution is -0.135. The average molecular weight is 566 g/mol. The van der Waals surface area contributed by atoms with Crippen LogP contribution in [0.4, 0.5) is 0 Å². The molecule has 2 aromatic heterocycles. The zero-order valence-corrected chi connectivity index (χ0v) is 21.5. The number of amides is 1. The Labute approximate surface area is 220 Å². The molecule has 182 valence electrons. The molecule has 1 saturated heterocycles. The minimum absolute atomic E-state index is 0.0366. The van der Waals surface area contributed by atoms with Gasteiger partial charge in [0.05, 0.1) is 23.3 Å². The lowest BCUT2D eigenvalue weighted by Crippen LogP contribution is -2.45. The monoisotopic (exact) mass is 564 g/mol. The van der Waals surface area contributed by atoms with Crippen LogP contribution < -0.4 is 0 Å². The molecular formula is C27H22BrClN4O3. The van der Waals surface area contributed by atoms with E-state index in [0.29, 0.717) is 48.8 Å². The smallest absolute Gasteiger partial charge is 0.226 e. The first-order chi connectivity index (χ1) is 17.4. The van der Waals surface area contributed by atoms with Gasteiger partial charge in [-0.25, -0.2) is 4.68 Å². The number of furan rings is 1. The third-order valence-electron chi connectivity index (χ3n) is 6.87. The van der Waals surface area contributed by atoms with Gasteiger partial charge in [-0.15, -0.1) is 5.10 Å². The topological polar surface area (TPSA) is 84.4 Å². The molecule has 7 nitrogen and oxygen atoms in total. The number of rotatable bonds is 4. The molecule has 1 N–H and O–H groups in total. The fraction of sp³-hybridized carbons (Fsp3) is 0.222. The lowest BCUT2D eigenvalue weighted by atomic mass is 9.88. The number of nitrogens with zero attached hydrogens (tertiary/aromatic N) is 4. The van der Waals surface area contributed by atoms with Gasteiger partial charge in [-0.05, 0) is 54.8 Å². The number of aromatic nitrogens is 3. The number of carbonyl (C=O) groups excluding carboxylic acids is 1. The van der Waals surface area contributed by atoms with Gasteiger partial charge in [-0.1, -0.05) is 57.0 Å². The van der Waals surface area contributed by atoms with E-state index < -0.39 is 5.60 Å². The summed E-state index contributed by atoms with van der Waals surface area (Å²) in [7, 11) is 0. The lowest BCUT2D eigenvalue weighted by Gasteiger charge is -2.37. The van der Waals surface area contributed by atoms with Crippen LogP contribution in [0, 0.1) is 0 Å². The van der Waals surface area contributed by atoms with Gasteiger partial charge in [0.15, 0.2) is 0 Å². The Kier molecular flexibility index (Phi) is 5.82. The van der Waals surface area contributed by atoms with Gasteiger partial charge in [-0.2, -0.15) is 0 Å². The number of halogens is 2. The molecule has 0 aliphatic carbocycles. The zero-order valence-electron chi connectivity index (χ0n) is 19.2. The molecule has 3 heterocycles. The van der Waals surface area contributed by atoms with Crippen molar-refractivity contribution in [3.63, 3.8) is 0 Å². The van der Waals surface area contributed by atoms with Crippen LogP contribution in [0.3, 0.4) is 0 Å². The number of hydrogen-bond acceptors (Lipinski definition) is 5. The number of piperidine rings is 1. The summed E-state index contributed by atoms with van der Waals surface area (Å²) in [5.41, 5.74) is 2.60. The molecule has 6 rings (SSSR count). The Balaban J connectivity index is 1.14. The molecule has 1 aliphatic rings. The molecule has 1 fully saturated rings. The fourth-order valence-electron chi connectivity index (χ4n) is 4.81. The second kappa shape index (κ2) is 9.03. The Morgan fingerprint density at radius 3 is 2.64 bits per heavy atom. The molecule has 0 spiro atoms. The predicted octanol–water partition coefficient (Wildman–Crippen LogP) is 5.64. The van der Waals surface area contributed by atoms with E-state index in [4.69, 9.17) is 16.0 Å². The summed E-state index contributed by atoms with van der Waals surface area (Å²) in [4.78, 5) is 14.9. The normalized spacial score (nSPS) is 15.6. The first-order valence-electron chi connectivity index (χ1n) is 11.7. The maximum Gasteiger partial charge on any atom is 0.226 e. The number of hydrogen-bond donors (Lipinski definition) is 1. The average Bonchev–Trinajstić information content (AvgIpc) is 3.50.